The van der Waals surface area contributed by atoms with Gasteiger partial charge in [-0.1, -0.05) is 6.07 Å². The molecular weight excluding hydrogens is 254 g/mol. The fraction of sp³-hybridized carbons (Fsp3) is 0.533. The van der Waals surface area contributed by atoms with Crippen LogP contribution in [-0.4, -0.2) is 43.2 Å². The number of rotatable bonds is 3. The SMILES string of the molecule is COC[C@@H]1CCCN1C1Cc2ccc([NH])cc2NC1=O. The summed E-state index contributed by atoms with van der Waals surface area (Å²) in [7, 11) is 1.71. The Bertz CT molecular complexity index is 518. The normalized spacial score (nSPS) is 26.4. The summed E-state index contributed by atoms with van der Waals surface area (Å²) in [6.07, 6.45) is 2.94. The van der Waals surface area contributed by atoms with Gasteiger partial charge >= 0.3 is 0 Å². The highest BCUT2D eigenvalue weighted by molar-refractivity contribution is 5.98. The summed E-state index contributed by atoms with van der Waals surface area (Å²) in [6.45, 7) is 1.64. The minimum absolute atomic E-state index is 0.0473. The van der Waals surface area contributed by atoms with E-state index in [1.807, 2.05) is 6.07 Å². The summed E-state index contributed by atoms with van der Waals surface area (Å²) in [6, 6.07) is 5.68. The molecule has 0 spiro atoms. The molecule has 1 amide bonds. The zero-order valence-electron chi connectivity index (χ0n) is 11.7. The molecule has 0 aromatic heterocycles. The smallest absolute Gasteiger partial charge is 0.242 e. The lowest BCUT2D eigenvalue weighted by Gasteiger charge is -2.35. The zero-order chi connectivity index (χ0) is 14.1. The maximum absolute atomic E-state index is 12.4. The number of carbonyl (C=O) groups excluding carboxylic acids is 1. The van der Waals surface area contributed by atoms with E-state index in [0.29, 0.717) is 18.3 Å². The third kappa shape index (κ3) is 2.39. The summed E-state index contributed by atoms with van der Waals surface area (Å²) in [5, 5.41) is 2.95. The van der Waals surface area contributed by atoms with Crippen LogP contribution in [0.1, 0.15) is 18.4 Å². The molecule has 2 aliphatic heterocycles. The Morgan fingerprint density at radius 2 is 2.35 bits per heavy atom. The van der Waals surface area contributed by atoms with Gasteiger partial charge in [-0.25, -0.2) is 0 Å². The highest BCUT2D eigenvalue weighted by Gasteiger charge is 2.37. The third-order valence-electron chi connectivity index (χ3n) is 4.27. The molecule has 5 nitrogen and oxygen atoms in total. The average Bonchev–Trinajstić information content (AvgIpc) is 2.86. The van der Waals surface area contributed by atoms with Crippen LogP contribution >= 0.6 is 0 Å². The van der Waals surface area contributed by atoms with Crippen LogP contribution in [0, 0.1) is 0 Å². The standard InChI is InChI=1S/C15H20N3O2/c1-20-9-12-3-2-6-18(12)14-7-10-4-5-11(16)8-13(10)17-15(14)19/h4-5,8,12,14,16H,2-3,6-7,9H2,1H3,(H,17,19)/t12-,14?/m0/s1. The second-order valence-corrected chi connectivity index (χ2v) is 5.57. The van der Waals surface area contributed by atoms with Crippen molar-refractivity contribution in [2.24, 2.45) is 0 Å². The van der Waals surface area contributed by atoms with Gasteiger partial charge in [0.05, 0.1) is 18.3 Å². The first-order valence-electron chi connectivity index (χ1n) is 7.09. The number of benzene rings is 1. The molecule has 2 aliphatic rings. The number of methoxy groups -OCH3 is 1. The lowest BCUT2D eigenvalue weighted by molar-refractivity contribution is -0.122. The van der Waals surface area contributed by atoms with E-state index in [-0.39, 0.29) is 11.9 Å². The molecule has 1 fully saturated rings. The van der Waals surface area contributed by atoms with Crippen molar-refractivity contribution in [3.8, 4) is 0 Å². The van der Waals surface area contributed by atoms with E-state index >= 15 is 0 Å². The van der Waals surface area contributed by atoms with E-state index in [1.54, 1.807) is 19.2 Å². The lowest BCUT2D eigenvalue weighted by atomic mass is 9.97. The number of nitrogens with zero attached hydrogens (tertiary/aromatic N) is 1. The summed E-state index contributed by atoms with van der Waals surface area (Å²) >= 11 is 0. The van der Waals surface area contributed by atoms with Crippen LogP contribution in [0.2, 0.25) is 0 Å². The molecule has 1 aromatic rings. The first-order chi connectivity index (χ1) is 9.69. The maximum atomic E-state index is 12.4. The third-order valence-corrected chi connectivity index (χ3v) is 4.27. The molecule has 1 radical (unpaired) electrons. The second-order valence-electron chi connectivity index (χ2n) is 5.57. The Balaban J connectivity index is 1.81. The number of carbonyl (C=O) groups is 1. The van der Waals surface area contributed by atoms with Gasteiger partial charge < -0.3 is 15.8 Å². The number of fused-ring (bicyclic) bond motifs is 1. The van der Waals surface area contributed by atoms with Crippen molar-refractivity contribution in [2.45, 2.75) is 31.3 Å². The number of nitrogens with one attached hydrogen (secondary N) is 2. The van der Waals surface area contributed by atoms with E-state index in [9.17, 15) is 4.79 Å². The lowest BCUT2D eigenvalue weighted by Crippen LogP contribution is -2.50. The highest BCUT2D eigenvalue weighted by Crippen LogP contribution is 2.30. The molecule has 0 aliphatic carbocycles. The Hall–Kier alpha value is -1.59. The van der Waals surface area contributed by atoms with Gasteiger partial charge in [0.15, 0.2) is 0 Å². The fourth-order valence-electron chi connectivity index (χ4n) is 3.30. The molecule has 2 N–H and O–H groups in total. The summed E-state index contributed by atoms with van der Waals surface area (Å²) < 4.78 is 5.27. The number of hydrogen-bond donors (Lipinski definition) is 1. The van der Waals surface area contributed by atoms with E-state index < -0.39 is 0 Å². The van der Waals surface area contributed by atoms with Crippen molar-refractivity contribution in [2.75, 3.05) is 25.6 Å². The van der Waals surface area contributed by atoms with E-state index in [0.717, 1.165) is 37.1 Å². The molecule has 1 aromatic carbocycles. The molecule has 107 valence electrons. The van der Waals surface area contributed by atoms with Gasteiger partial charge in [0.1, 0.15) is 0 Å². The number of likely N-dealkylation sites (tertiary alicyclic amines) is 1. The van der Waals surface area contributed by atoms with Gasteiger partial charge in [-0.05, 0) is 43.5 Å². The number of amides is 1. The summed E-state index contributed by atoms with van der Waals surface area (Å²) in [4.78, 5) is 14.6. The highest BCUT2D eigenvalue weighted by atomic mass is 16.5. The summed E-state index contributed by atoms with van der Waals surface area (Å²) in [5.41, 5.74) is 9.97. The van der Waals surface area contributed by atoms with E-state index in [1.165, 1.54) is 0 Å². The molecular formula is C15H20N3O2. The van der Waals surface area contributed by atoms with Crippen molar-refractivity contribution in [1.82, 2.24) is 10.6 Å². The largest absolute Gasteiger partial charge is 0.383 e. The predicted octanol–water partition coefficient (Wildman–Crippen LogP) is 1.57. The van der Waals surface area contributed by atoms with E-state index in [2.05, 4.69) is 10.2 Å². The van der Waals surface area contributed by atoms with Crippen molar-refractivity contribution in [3.63, 3.8) is 0 Å². The number of anilines is 1. The minimum atomic E-state index is -0.110. The molecule has 20 heavy (non-hydrogen) atoms. The van der Waals surface area contributed by atoms with Crippen LogP contribution in [0.15, 0.2) is 18.2 Å². The van der Waals surface area contributed by atoms with Gasteiger partial charge in [-0.15, -0.1) is 0 Å². The van der Waals surface area contributed by atoms with Gasteiger partial charge in [-0.2, -0.15) is 0 Å². The monoisotopic (exact) mass is 274 g/mol. The van der Waals surface area contributed by atoms with Crippen molar-refractivity contribution in [1.29, 1.82) is 0 Å². The Kier molecular flexibility index (Phi) is 3.63. The summed E-state index contributed by atoms with van der Waals surface area (Å²) in [5.74, 6) is 0.0473. The topological polar surface area (TPSA) is 65.4 Å². The van der Waals surface area contributed by atoms with Gasteiger partial charge in [0.2, 0.25) is 5.91 Å². The Morgan fingerprint density at radius 3 is 3.15 bits per heavy atom. The quantitative estimate of drug-likeness (QED) is 0.910. The first-order valence-corrected chi connectivity index (χ1v) is 7.09. The van der Waals surface area contributed by atoms with E-state index in [4.69, 9.17) is 10.5 Å². The second kappa shape index (κ2) is 5.42. The van der Waals surface area contributed by atoms with Crippen LogP contribution in [-0.2, 0) is 16.0 Å². The molecule has 1 saturated heterocycles. The fourth-order valence-corrected chi connectivity index (χ4v) is 3.30. The molecule has 0 bridgehead atoms. The van der Waals surface area contributed by atoms with Gasteiger partial charge in [0.25, 0.3) is 0 Å². The molecule has 0 saturated carbocycles. The van der Waals surface area contributed by atoms with Crippen LogP contribution in [0.4, 0.5) is 11.4 Å². The van der Waals surface area contributed by atoms with Crippen LogP contribution in [0.3, 0.4) is 0 Å². The van der Waals surface area contributed by atoms with Gasteiger partial charge in [0, 0.05) is 18.8 Å². The Morgan fingerprint density at radius 1 is 1.50 bits per heavy atom. The molecule has 3 rings (SSSR count). The number of ether oxygens (including phenoxy) is 1. The minimum Gasteiger partial charge on any atom is -0.383 e. The average molecular weight is 274 g/mol. The molecule has 2 atom stereocenters. The zero-order valence-corrected chi connectivity index (χ0v) is 11.7. The van der Waals surface area contributed by atoms with Crippen molar-refractivity contribution >= 4 is 17.3 Å². The molecule has 5 heteroatoms. The molecule has 2 heterocycles. The van der Waals surface area contributed by atoms with Crippen LogP contribution in [0.25, 0.3) is 0 Å². The van der Waals surface area contributed by atoms with Crippen molar-refractivity contribution in [3.05, 3.63) is 23.8 Å². The predicted molar refractivity (Wildman–Crippen MR) is 76.9 cm³/mol. The first kappa shape index (κ1) is 13.4. The van der Waals surface area contributed by atoms with Crippen LogP contribution in [0.5, 0.6) is 0 Å². The Labute approximate surface area is 119 Å². The maximum Gasteiger partial charge on any atom is 0.242 e. The van der Waals surface area contributed by atoms with Gasteiger partial charge in [-0.3, -0.25) is 9.69 Å². The van der Waals surface area contributed by atoms with Crippen molar-refractivity contribution < 1.29 is 9.53 Å². The number of hydrogen-bond acceptors (Lipinski definition) is 3. The molecule has 1 unspecified atom stereocenters. The van der Waals surface area contributed by atoms with Crippen LogP contribution < -0.4 is 11.1 Å².